The minimum atomic E-state index is -3.99. The molecule has 0 unspecified atom stereocenters. The summed E-state index contributed by atoms with van der Waals surface area (Å²) in [6.45, 7) is 5.28. The maximum atomic E-state index is 13.6. The first-order valence-corrected chi connectivity index (χ1v) is 13.0. The number of hydrogen-bond acceptors (Lipinski definition) is 4. The van der Waals surface area contributed by atoms with E-state index < -0.39 is 15.9 Å². The fourth-order valence-electron chi connectivity index (χ4n) is 3.70. The minimum Gasteiger partial charge on any atom is -0.457 e. The number of aryl methyl sites for hydroxylation is 2. The Balaban J connectivity index is 1.56. The van der Waals surface area contributed by atoms with E-state index in [9.17, 15) is 13.2 Å². The van der Waals surface area contributed by atoms with Crippen molar-refractivity contribution in [1.82, 2.24) is 0 Å². The summed E-state index contributed by atoms with van der Waals surface area (Å²) in [5.41, 5.74) is 3.69. The molecule has 7 heteroatoms. The highest BCUT2D eigenvalue weighted by Gasteiger charge is 2.28. The van der Waals surface area contributed by atoms with Crippen LogP contribution in [0.15, 0.2) is 102 Å². The van der Waals surface area contributed by atoms with E-state index in [1.165, 1.54) is 4.31 Å². The molecule has 1 N–H and O–H groups in total. The number of nitrogens with zero attached hydrogens (tertiary/aromatic N) is 1. The van der Waals surface area contributed by atoms with Crippen molar-refractivity contribution in [2.75, 3.05) is 16.2 Å². The topological polar surface area (TPSA) is 75.7 Å². The number of anilines is 2. The number of para-hydroxylation sites is 1. The Morgan fingerprint density at radius 1 is 0.778 bits per heavy atom. The molecule has 4 rings (SSSR count). The zero-order chi connectivity index (χ0) is 25.7. The number of rotatable bonds is 8. The summed E-state index contributed by atoms with van der Waals surface area (Å²) in [4.78, 5) is 13.2. The molecule has 0 fully saturated rings. The molecule has 0 aliphatic heterocycles. The lowest BCUT2D eigenvalue weighted by molar-refractivity contribution is -0.114. The molecule has 4 aromatic carbocycles. The lowest BCUT2D eigenvalue weighted by Gasteiger charge is -2.26. The normalized spacial score (nSPS) is 11.1. The number of carbonyl (C=O) groups is 1. The van der Waals surface area contributed by atoms with Crippen molar-refractivity contribution >= 4 is 27.3 Å². The van der Waals surface area contributed by atoms with Gasteiger partial charge in [-0.2, -0.15) is 0 Å². The molecule has 0 saturated heterocycles. The first-order chi connectivity index (χ1) is 17.2. The van der Waals surface area contributed by atoms with Gasteiger partial charge in [0.15, 0.2) is 0 Å². The number of amides is 1. The Morgan fingerprint density at radius 3 is 2.08 bits per heavy atom. The molecule has 0 heterocycles. The smallest absolute Gasteiger partial charge is 0.264 e. The van der Waals surface area contributed by atoms with Gasteiger partial charge in [0.05, 0.1) is 10.6 Å². The van der Waals surface area contributed by atoms with Gasteiger partial charge in [0, 0.05) is 5.69 Å². The summed E-state index contributed by atoms with van der Waals surface area (Å²) >= 11 is 0. The Morgan fingerprint density at radius 2 is 1.42 bits per heavy atom. The molecule has 0 spiro atoms. The Kier molecular flexibility index (Phi) is 7.41. The molecular formula is C29H28N2O4S. The summed E-state index contributed by atoms with van der Waals surface area (Å²) in [6.07, 6.45) is 0. The third-order valence-corrected chi connectivity index (χ3v) is 7.63. The van der Waals surface area contributed by atoms with E-state index in [-0.39, 0.29) is 11.4 Å². The van der Waals surface area contributed by atoms with Crippen LogP contribution in [0.25, 0.3) is 0 Å². The van der Waals surface area contributed by atoms with Gasteiger partial charge in [-0.05, 0) is 86.5 Å². The summed E-state index contributed by atoms with van der Waals surface area (Å²) < 4.78 is 34.2. The van der Waals surface area contributed by atoms with Crippen LogP contribution in [0.5, 0.6) is 11.5 Å². The van der Waals surface area contributed by atoms with Crippen molar-refractivity contribution in [2.24, 2.45) is 0 Å². The van der Waals surface area contributed by atoms with Gasteiger partial charge >= 0.3 is 0 Å². The van der Waals surface area contributed by atoms with Gasteiger partial charge in [-0.15, -0.1) is 0 Å². The second-order valence-corrected chi connectivity index (χ2v) is 10.4. The van der Waals surface area contributed by atoms with Crippen LogP contribution in [-0.2, 0) is 14.8 Å². The summed E-state index contributed by atoms with van der Waals surface area (Å²) in [7, 11) is -3.99. The number of hydrogen-bond donors (Lipinski definition) is 1. The zero-order valence-electron chi connectivity index (χ0n) is 20.4. The number of nitrogens with one attached hydrogen (secondary N) is 1. The number of sulfonamides is 1. The largest absolute Gasteiger partial charge is 0.457 e. The van der Waals surface area contributed by atoms with E-state index in [1.54, 1.807) is 60.7 Å². The van der Waals surface area contributed by atoms with Crippen LogP contribution in [0.3, 0.4) is 0 Å². The lowest BCUT2D eigenvalue weighted by Crippen LogP contribution is -2.38. The molecule has 0 bridgehead atoms. The van der Waals surface area contributed by atoms with E-state index in [0.29, 0.717) is 22.9 Å². The number of benzene rings is 4. The van der Waals surface area contributed by atoms with E-state index in [0.717, 1.165) is 16.7 Å². The van der Waals surface area contributed by atoms with Crippen molar-refractivity contribution in [3.8, 4) is 11.5 Å². The second-order valence-electron chi connectivity index (χ2n) is 8.53. The van der Waals surface area contributed by atoms with Crippen molar-refractivity contribution in [3.63, 3.8) is 0 Å². The minimum absolute atomic E-state index is 0.129. The molecule has 0 radical (unpaired) electrons. The highest BCUT2D eigenvalue weighted by Crippen LogP contribution is 2.29. The van der Waals surface area contributed by atoms with Gasteiger partial charge in [-0.25, -0.2) is 8.42 Å². The van der Waals surface area contributed by atoms with Crippen molar-refractivity contribution in [3.05, 3.63) is 114 Å². The molecule has 1 amide bonds. The maximum Gasteiger partial charge on any atom is 0.264 e. The van der Waals surface area contributed by atoms with Crippen molar-refractivity contribution < 1.29 is 17.9 Å². The first kappa shape index (κ1) is 25.0. The average molecular weight is 501 g/mol. The van der Waals surface area contributed by atoms with Crippen LogP contribution >= 0.6 is 0 Å². The van der Waals surface area contributed by atoms with E-state index in [2.05, 4.69) is 5.32 Å². The number of ether oxygens (including phenoxy) is 1. The Hall–Kier alpha value is -4.10. The Labute approximate surface area is 212 Å². The molecule has 6 nitrogen and oxygen atoms in total. The molecular weight excluding hydrogens is 472 g/mol. The third-order valence-electron chi connectivity index (χ3n) is 5.86. The van der Waals surface area contributed by atoms with Crippen LogP contribution in [0, 0.1) is 20.8 Å². The fourth-order valence-corrected chi connectivity index (χ4v) is 5.18. The van der Waals surface area contributed by atoms with Crippen LogP contribution in [-0.4, -0.2) is 20.9 Å². The molecule has 0 atom stereocenters. The maximum absolute atomic E-state index is 13.6. The summed E-state index contributed by atoms with van der Waals surface area (Å²) in [5.74, 6) is 0.876. The van der Waals surface area contributed by atoms with E-state index in [4.69, 9.17) is 4.74 Å². The average Bonchev–Trinajstić information content (AvgIpc) is 2.86. The van der Waals surface area contributed by atoms with Gasteiger partial charge in [0.25, 0.3) is 10.0 Å². The van der Waals surface area contributed by atoms with Gasteiger partial charge in [0.2, 0.25) is 5.91 Å². The quantitative estimate of drug-likeness (QED) is 0.311. The molecule has 0 saturated carbocycles. The highest BCUT2D eigenvalue weighted by atomic mass is 32.2. The van der Waals surface area contributed by atoms with Gasteiger partial charge < -0.3 is 10.1 Å². The van der Waals surface area contributed by atoms with E-state index >= 15 is 0 Å². The predicted octanol–water partition coefficient (Wildman–Crippen LogP) is 6.24. The van der Waals surface area contributed by atoms with Crippen LogP contribution < -0.4 is 14.4 Å². The summed E-state index contributed by atoms with van der Waals surface area (Å²) in [6, 6.07) is 28.3. The molecule has 0 aromatic heterocycles. The second kappa shape index (κ2) is 10.7. The fraction of sp³-hybridized carbons (Fsp3) is 0.138. The predicted molar refractivity (Wildman–Crippen MR) is 143 cm³/mol. The monoisotopic (exact) mass is 500 g/mol. The Bertz CT molecular complexity index is 1450. The lowest BCUT2D eigenvalue weighted by atomic mass is 10.1. The first-order valence-electron chi connectivity index (χ1n) is 11.5. The molecule has 4 aromatic rings. The summed E-state index contributed by atoms with van der Waals surface area (Å²) in [5, 5.41) is 2.80. The van der Waals surface area contributed by atoms with Gasteiger partial charge in [0.1, 0.15) is 18.0 Å². The SMILES string of the molecule is Cc1ccc(S(=O)(=O)N(CC(=O)Nc2ccc(Oc3ccccc3)cc2)c2cccc(C)c2C)cc1. The zero-order valence-corrected chi connectivity index (χ0v) is 21.2. The molecule has 36 heavy (non-hydrogen) atoms. The van der Waals surface area contributed by atoms with Crippen molar-refractivity contribution in [1.29, 1.82) is 0 Å². The van der Waals surface area contributed by atoms with Gasteiger partial charge in [-0.3, -0.25) is 9.10 Å². The van der Waals surface area contributed by atoms with Crippen LogP contribution in [0.2, 0.25) is 0 Å². The highest BCUT2D eigenvalue weighted by molar-refractivity contribution is 7.92. The molecule has 0 aliphatic carbocycles. The van der Waals surface area contributed by atoms with Gasteiger partial charge in [-0.1, -0.05) is 48.0 Å². The standard InChI is InChI=1S/C29H28N2O4S/c1-21-12-18-27(19-13-21)36(33,34)31(28-11-7-8-22(2)23(28)3)20-29(32)30-24-14-16-26(17-15-24)35-25-9-5-4-6-10-25/h4-19H,20H2,1-3H3,(H,30,32). The molecule has 0 aliphatic rings. The van der Waals surface area contributed by atoms with Crippen molar-refractivity contribution in [2.45, 2.75) is 25.7 Å². The van der Waals surface area contributed by atoms with Crippen LogP contribution in [0.4, 0.5) is 11.4 Å². The number of carbonyl (C=O) groups excluding carboxylic acids is 1. The molecule has 184 valence electrons. The van der Waals surface area contributed by atoms with E-state index in [1.807, 2.05) is 57.2 Å². The third kappa shape index (κ3) is 5.75. The van der Waals surface area contributed by atoms with Crippen LogP contribution in [0.1, 0.15) is 16.7 Å².